The molecule has 0 aromatic heterocycles. The Hall–Kier alpha value is -3.16. The van der Waals surface area contributed by atoms with Crippen molar-refractivity contribution in [3.05, 3.63) is 71.6 Å². The molecule has 2 aromatic rings. The Kier molecular flexibility index (Phi) is 6.11. The third-order valence-corrected chi connectivity index (χ3v) is 3.08. The summed E-state index contributed by atoms with van der Waals surface area (Å²) in [5, 5.41) is 2.20. The number of benzene rings is 2. The number of nitrogens with one attached hydrogen (secondary N) is 1. The minimum Gasteiger partial charge on any atom is -0.452 e. The van der Waals surface area contributed by atoms with E-state index in [0.717, 1.165) is 24.3 Å². The molecule has 0 saturated carbocycles. The molecule has 1 N–H and O–H groups in total. The van der Waals surface area contributed by atoms with Gasteiger partial charge in [0.15, 0.2) is 6.61 Å². The van der Waals surface area contributed by atoms with Crippen molar-refractivity contribution in [1.82, 2.24) is 0 Å². The molecule has 0 aliphatic carbocycles. The molecule has 2 aromatic carbocycles. The van der Waals surface area contributed by atoms with Crippen LogP contribution in [0.5, 0.6) is 0 Å². The van der Waals surface area contributed by atoms with Crippen LogP contribution in [0.1, 0.15) is 11.1 Å². The number of anilines is 1. The van der Waals surface area contributed by atoms with Crippen LogP contribution in [0.4, 0.5) is 23.2 Å². The molecule has 0 radical (unpaired) electrons. The van der Waals surface area contributed by atoms with Gasteiger partial charge in [-0.3, -0.25) is 4.79 Å². The zero-order valence-electron chi connectivity index (χ0n) is 13.2. The van der Waals surface area contributed by atoms with Gasteiger partial charge in [-0.15, -0.1) is 0 Å². The van der Waals surface area contributed by atoms with Crippen LogP contribution >= 0.6 is 0 Å². The van der Waals surface area contributed by atoms with Crippen LogP contribution in [0.25, 0.3) is 6.08 Å². The Bertz CT molecular complexity index is 831. The van der Waals surface area contributed by atoms with Gasteiger partial charge in [0.2, 0.25) is 0 Å². The lowest BCUT2D eigenvalue weighted by Gasteiger charge is -2.09. The molecule has 8 heteroatoms. The number of carbonyl (C=O) groups is 2. The number of amides is 1. The van der Waals surface area contributed by atoms with Crippen LogP contribution in [-0.2, 0) is 20.5 Å². The van der Waals surface area contributed by atoms with E-state index in [4.69, 9.17) is 0 Å². The number of rotatable bonds is 5. The lowest BCUT2D eigenvalue weighted by Crippen LogP contribution is -2.20. The first-order chi connectivity index (χ1) is 12.2. The topological polar surface area (TPSA) is 55.4 Å². The first-order valence-corrected chi connectivity index (χ1v) is 7.31. The van der Waals surface area contributed by atoms with E-state index in [1.165, 1.54) is 30.3 Å². The standard InChI is InChI=1S/C18H13F4NO3/c19-14-5-1-3-12(9-14)7-8-17(25)26-11-16(24)23-15-6-2-4-13(10-15)18(20,21)22/h1-10H,11H2,(H,23,24)/b8-7+. The molecular formula is C18H13F4NO3. The van der Waals surface area contributed by atoms with E-state index in [2.05, 4.69) is 10.1 Å². The molecule has 1 amide bonds. The number of esters is 1. The van der Waals surface area contributed by atoms with E-state index in [1.807, 2.05) is 0 Å². The minimum atomic E-state index is -4.53. The zero-order chi connectivity index (χ0) is 19.2. The number of hydrogen-bond donors (Lipinski definition) is 1. The van der Waals surface area contributed by atoms with Crippen LogP contribution < -0.4 is 5.32 Å². The van der Waals surface area contributed by atoms with E-state index in [9.17, 15) is 27.2 Å². The lowest BCUT2D eigenvalue weighted by atomic mass is 10.2. The SMILES string of the molecule is O=C(COC(=O)/C=C/c1cccc(F)c1)Nc1cccc(C(F)(F)F)c1. The van der Waals surface area contributed by atoms with Gasteiger partial charge in [0.1, 0.15) is 5.82 Å². The fraction of sp³-hybridized carbons (Fsp3) is 0.111. The maximum absolute atomic E-state index is 13.0. The lowest BCUT2D eigenvalue weighted by molar-refractivity contribution is -0.142. The van der Waals surface area contributed by atoms with Crippen LogP contribution in [0.3, 0.4) is 0 Å². The number of hydrogen-bond acceptors (Lipinski definition) is 3. The van der Waals surface area contributed by atoms with E-state index >= 15 is 0 Å². The number of carbonyl (C=O) groups excluding carboxylic acids is 2. The van der Waals surface area contributed by atoms with Crippen LogP contribution in [0.15, 0.2) is 54.6 Å². The quantitative estimate of drug-likeness (QED) is 0.493. The molecule has 0 unspecified atom stereocenters. The van der Waals surface area contributed by atoms with Crippen LogP contribution in [0, 0.1) is 5.82 Å². The van der Waals surface area contributed by atoms with Crippen molar-refractivity contribution >= 4 is 23.6 Å². The Morgan fingerprint density at radius 3 is 2.50 bits per heavy atom. The van der Waals surface area contributed by atoms with Gasteiger partial charge in [-0.1, -0.05) is 18.2 Å². The minimum absolute atomic E-state index is 0.0730. The average molecular weight is 367 g/mol. The van der Waals surface area contributed by atoms with Gasteiger partial charge in [0.05, 0.1) is 5.56 Å². The zero-order valence-corrected chi connectivity index (χ0v) is 13.2. The highest BCUT2D eigenvalue weighted by Gasteiger charge is 2.30. The largest absolute Gasteiger partial charge is 0.452 e. The van der Waals surface area contributed by atoms with Crippen molar-refractivity contribution < 1.29 is 31.9 Å². The fourth-order valence-electron chi connectivity index (χ4n) is 1.93. The molecule has 0 aliphatic rings. The second kappa shape index (κ2) is 8.28. The molecule has 4 nitrogen and oxygen atoms in total. The molecule has 0 fully saturated rings. The summed E-state index contributed by atoms with van der Waals surface area (Å²) >= 11 is 0. The summed E-state index contributed by atoms with van der Waals surface area (Å²) in [4.78, 5) is 23.2. The molecule has 136 valence electrons. The second-order valence-corrected chi connectivity index (χ2v) is 5.12. The van der Waals surface area contributed by atoms with E-state index in [-0.39, 0.29) is 5.69 Å². The second-order valence-electron chi connectivity index (χ2n) is 5.12. The fourth-order valence-corrected chi connectivity index (χ4v) is 1.93. The smallest absolute Gasteiger partial charge is 0.416 e. The molecule has 0 atom stereocenters. The van der Waals surface area contributed by atoms with E-state index in [0.29, 0.717) is 5.56 Å². The summed E-state index contributed by atoms with van der Waals surface area (Å²) in [6, 6.07) is 9.52. The highest BCUT2D eigenvalue weighted by Crippen LogP contribution is 2.30. The van der Waals surface area contributed by atoms with Crippen molar-refractivity contribution in [2.75, 3.05) is 11.9 Å². The molecule has 0 spiro atoms. The van der Waals surface area contributed by atoms with E-state index < -0.39 is 36.0 Å². The number of ether oxygens (including phenoxy) is 1. The monoisotopic (exact) mass is 367 g/mol. The first-order valence-electron chi connectivity index (χ1n) is 7.31. The van der Waals surface area contributed by atoms with Crippen molar-refractivity contribution in [2.45, 2.75) is 6.18 Å². The number of alkyl halides is 3. The molecule has 0 bridgehead atoms. The normalized spacial score (nSPS) is 11.4. The van der Waals surface area contributed by atoms with Crippen molar-refractivity contribution in [1.29, 1.82) is 0 Å². The third-order valence-electron chi connectivity index (χ3n) is 3.08. The molecule has 0 heterocycles. The van der Waals surface area contributed by atoms with Gasteiger partial charge in [0, 0.05) is 11.8 Å². The Morgan fingerprint density at radius 2 is 1.81 bits per heavy atom. The van der Waals surface area contributed by atoms with Gasteiger partial charge < -0.3 is 10.1 Å². The molecule has 0 aliphatic heterocycles. The van der Waals surface area contributed by atoms with Gasteiger partial charge in [-0.05, 0) is 42.0 Å². The van der Waals surface area contributed by atoms with E-state index in [1.54, 1.807) is 6.07 Å². The maximum atomic E-state index is 13.0. The van der Waals surface area contributed by atoms with Crippen LogP contribution in [0.2, 0.25) is 0 Å². The Balaban J connectivity index is 1.86. The predicted octanol–water partition coefficient (Wildman–Crippen LogP) is 4.04. The molecule has 0 saturated heterocycles. The summed E-state index contributed by atoms with van der Waals surface area (Å²) in [6.07, 6.45) is -2.22. The first kappa shape index (κ1) is 19.2. The summed E-state index contributed by atoms with van der Waals surface area (Å²) < 4.78 is 55.4. The summed E-state index contributed by atoms with van der Waals surface area (Å²) in [5.74, 6) is -2.12. The van der Waals surface area contributed by atoms with Crippen LogP contribution in [-0.4, -0.2) is 18.5 Å². The summed E-state index contributed by atoms with van der Waals surface area (Å²) in [6.45, 7) is -0.678. The van der Waals surface area contributed by atoms with Crippen molar-refractivity contribution in [3.63, 3.8) is 0 Å². The predicted molar refractivity (Wildman–Crippen MR) is 86.5 cm³/mol. The number of halogens is 4. The summed E-state index contributed by atoms with van der Waals surface area (Å²) in [7, 11) is 0. The van der Waals surface area contributed by atoms with Gasteiger partial charge in [-0.25, -0.2) is 9.18 Å². The Morgan fingerprint density at radius 1 is 1.08 bits per heavy atom. The molecule has 2 rings (SSSR count). The molecular weight excluding hydrogens is 354 g/mol. The van der Waals surface area contributed by atoms with Gasteiger partial charge >= 0.3 is 12.1 Å². The average Bonchev–Trinajstić information content (AvgIpc) is 2.58. The maximum Gasteiger partial charge on any atom is 0.416 e. The third kappa shape index (κ3) is 6.04. The van der Waals surface area contributed by atoms with Crippen molar-refractivity contribution in [3.8, 4) is 0 Å². The Labute approximate surface area is 146 Å². The summed E-state index contributed by atoms with van der Waals surface area (Å²) in [5.41, 5.74) is -0.558. The van der Waals surface area contributed by atoms with Gasteiger partial charge in [-0.2, -0.15) is 13.2 Å². The highest BCUT2D eigenvalue weighted by molar-refractivity contribution is 5.94. The highest BCUT2D eigenvalue weighted by atomic mass is 19.4. The molecule has 26 heavy (non-hydrogen) atoms. The van der Waals surface area contributed by atoms with Gasteiger partial charge in [0.25, 0.3) is 5.91 Å². The van der Waals surface area contributed by atoms with Crippen molar-refractivity contribution in [2.24, 2.45) is 0 Å².